The summed E-state index contributed by atoms with van der Waals surface area (Å²) in [4.78, 5) is -1.91. The molecule has 0 bridgehead atoms. The van der Waals surface area contributed by atoms with Crippen molar-refractivity contribution in [2.45, 2.75) is 9.79 Å². The van der Waals surface area contributed by atoms with E-state index in [2.05, 4.69) is 0 Å². The molecule has 0 aliphatic carbocycles. The fourth-order valence-corrected chi connectivity index (χ4v) is 6.07. The molecule has 0 atom stereocenters. The van der Waals surface area contributed by atoms with Crippen LogP contribution in [0, 0.1) is 46.5 Å². The third-order valence-electron chi connectivity index (χ3n) is 7.33. The summed E-state index contributed by atoms with van der Waals surface area (Å²) in [7, 11) is -16.3. The summed E-state index contributed by atoms with van der Waals surface area (Å²) in [5, 5.41) is -0.147. The van der Waals surface area contributed by atoms with Crippen LogP contribution >= 0.6 is 0 Å². The zero-order chi connectivity index (χ0) is 43.6. The van der Waals surface area contributed by atoms with Gasteiger partial charge in [0.2, 0.25) is 34.8 Å². The first-order valence-electron chi connectivity index (χ1n) is 14.5. The summed E-state index contributed by atoms with van der Waals surface area (Å²) in [5.41, 5.74) is -4.45. The van der Waals surface area contributed by atoms with Crippen molar-refractivity contribution >= 4 is 63.0 Å². The number of benzene rings is 6. The van der Waals surface area contributed by atoms with Crippen molar-refractivity contribution in [1.29, 1.82) is 0 Å². The van der Waals surface area contributed by atoms with Gasteiger partial charge < -0.3 is 9.47 Å². The van der Waals surface area contributed by atoms with E-state index in [-0.39, 0.29) is 11.1 Å². The Morgan fingerprint density at radius 1 is 0.431 bits per heavy atom. The van der Waals surface area contributed by atoms with E-state index in [9.17, 15) is 25.9 Å². The van der Waals surface area contributed by atoms with Gasteiger partial charge in [0, 0.05) is 16.8 Å². The van der Waals surface area contributed by atoms with Crippen LogP contribution in [0.1, 0.15) is 0 Å². The number of halogens is 8. The molecule has 0 amide bonds. The van der Waals surface area contributed by atoms with Crippen LogP contribution in [0.4, 0.5) is 35.1 Å². The number of hydrogen-bond acceptors (Lipinski definition) is 12. The van der Waals surface area contributed by atoms with Gasteiger partial charge in [-0.3, -0.25) is 9.11 Å². The molecular weight excluding hydrogens is 889 g/mol. The Hall–Kier alpha value is -6.06. The van der Waals surface area contributed by atoms with E-state index in [1.54, 1.807) is 18.2 Å². The molecule has 0 radical (unpaired) electrons. The molecule has 14 nitrogen and oxygen atoms in total. The minimum atomic E-state index is -5.18. The minimum absolute atomic E-state index is 0.240. The average Bonchev–Trinajstić information content (AvgIpc) is 3.13. The van der Waals surface area contributed by atoms with Crippen molar-refractivity contribution in [3.05, 3.63) is 119 Å². The molecule has 0 aliphatic heterocycles. The zero-order valence-corrected chi connectivity index (χ0v) is 30.6. The van der Waals surface area contributed by atoms with E-state index in [1.807, 2.05) is 0 Å². The van der Waals surface area contributed by atoms with E-state index in [0.29, 0.717) is 23.6 Å². The maximum Gasteiger partial charge on any atom is 0.425 e. The Morgan fingerprint density at radius 3 is 1.26 bits per heavy atom. The first kappa shape index (κ1) is 44.7. The minimum Gasteiger partial charge on any atom is -0.450 e. The summed E-state index contributed by atoms with van der Waals surface area (Å²) in [6.07, 6.45) is 0. The first-order valence-corrected chi connectivity index (χ1v) is 19.4. The molecule has 6 rings (SSSR count). The van der Waals surface area contributed by atoms with E-state index < -0.39 is 137 Å². The maximum absolute atomic E-state index is 15.4. The molecule has 0 spiro atoms. The summed E-state index contributed by atoms with van der Waals surface area (Å²) >= 11 is 0. The lowest BCUT2D eigenvalue weighted by Crippen LogP contribution is -2.09. The summed E-state index contributed by atoms with van der Waals surface area (Å²) in [6.45, 7) is 0. The molecule has 0 heterocycles. The van der Waals surface area contributed by atoms with Crippen LogP contribution in [0.5, 0.6) is 23.0 Å². The fraction of sp³-hybridized carbons (Fsp3) is 0. The fourth-order valence-electron chi connectivity index (χ4n) is 5.03. The number of hydrogen-bond donors (Lipinski definition) is 2. The highest BCUT2D eigenvalue weighted by Crippen LogP contribution is 2.45. The smallest absolute Gasteiger partial charge is 0.425 e. The Labute approximate surface area is 321 Å². The van der Waals surface area contributed by atoms with Crippen molar-refractivity contribution in [2.24, 2.45) is 0 Å². The van der Waals surface area contributed by atoms with Gasteiger partial charge in [-0.25, -0.2) is 17.6 Å². The van der Waals surface area contributed by atoms with Gasteiger partial charge in [-0.1, -0.05) is 36.4 Å². The number of rotatable bonds is 7. The van der Waals surface area contributed by atoms with Crippen molar-refractivity contribution < 1.29 is 95.8 Å². The molecule has 306 valence electrons. The average molecular weight is 903 g/mol. The van der Waals surface area contributed by atoms with Gasteiger partial charge in [-0.15, -0.1) is 25.3 Å². The number of ether oxygens (including phenoxy) is 2. The highest BCUT2D eigenvalue weighted by Gasteiger charge is 2.36. The Kier molecular flexibility index (Phi) is 13.2. The SMILES string of the molecule is O=S(=O)(O)c1ccc2c(Oc3c(F)c(F)c(-c4c(F)c(F)c(Oc5cccc6ccccc56)c(F)c4F)c(F)c3F)cc(S(=O)(=O)O)cc2c1.O=S(=O)=O.O=S(=O)=O. The summed E-state index contributed by atoms with van der Waals surface area (Å²) in [5.74, 6) is -25.0. The maximum atomic E-state index is 15.4. The molecule has 58 heavy (non-hydrogen) atoms. The largest absolute Gasteiger partial charge is 0.450 e. The topological polar surface area (TPSA) is 230 Å². The third-order valence-corrected chi connectivity index (χ3v) is 9.01. The highest BCUT2D eigenvalue weighted by molar-refractivity contribution is 7.86. The second-order valence-electron chi connectivity index (χ2n) is 10.8. The molecule has 6 aromatic rings. The van der Waals surface area contributed by atoms with Crippen LogP contribution < -0.4 is 9.47 Å². The molecule has 0 unspecified atom stereocenters. The Bertz CT molecular complexity index is 3020. The molecule has 0 aromatic heterocycles. The van der Waals surface area contributed by atoms with Crippen LogP contribution in [0.2, 0.25) is 0 Å². The van der Waals surface area contributed by atoms with E-state index >= 15 is 35.1 Å². The standard InChI is InChI=1S/C32H14F8O8S2.2O3S/c33-23-21(24(34)28(38)31(27(23)37)47-19-7-3-5-13-4-1-2-6-17(13)19)22-25(35)29(39)32(30(40)26(22)36)48-20-12-16(50(44,45)46)11-14-10-15(49(41,42)43)8-9-18(14)20;2*1-4(2)3/h1-12H,(H,41,42,43)(H,44,45,46);;. The Balaban J connectivity index is 0.000000852. The van der Waals surface area contributed by atoms with Gasteiger partial charge in [0.25, 0.3) is 20.2 Å². The van der Waals surface area contributed by atoms with E-state index in [0.717, 1.165) is 12.1 Å². The van der Waals surface area contributed by atoms with Gasteiger partial charge in [0.05, 0.1) is 20.9 Å². The van der Waals surface area contributed by atoms with Crippen molar-refractivity contribution in [3.63, 3.8) is 0 Å². The van der Waals surface area contributed by atoms with Crippen LogP contribution in [0.3, 0.4) is 0 Å². The van der Waals surface area contributed by atoms with Crippen LogP contribution in [-0.4, -0.2) is 51.2 Å². The van der Waals surface area contributed by atoms with Crippen LogP contribution in [0.15, 0.2) is 82.6 Å². The molecule has 0 saturated heterocycles. The second kappa shape index (κ2) is 17.2. The van der Waals surface area contributed by atoms with Gasteiger partial charge in [0.15, 0.2) is 23.3 Å². The molecule has 0 fully saturated rings. The summed E-state index contributed by atoms with van der Waals surface area (Å²) < 4.78 is 249. The van der Waals surface area contributed by atoms with Gasteiger partial charge in [0.1, 0.15) is 11.5 Å². The molecule has 2 N–H and O–H groups in total. The molecule has 0 aliphatic rings. The first-order chi connectivity index (χ1) is 26.9. The lowest BCUT2D eigenvalue weighted by molar-refractivity contribution is 0.362. The van der Waals surface area contributed by atoms with Crippen molar-refractivity contribution in [2.75, 3.05) is 0 Å². The van der Waals surface area contributed by atoms with Crippen LogP contribution in [-0.2, 0) is 41.5 Å². The predicted molar refractivity (Wildman–Crippen MR) is 179 cm³/mol. The van der Waals surface area contributed by atoms with Crippen molar-refractivity contribution in [3.8, 4) is 34.1 Å². The molecule has 26 heteroatoms. The quantitative estimate of drug-likeness (QED) is 0.0950. The van der Waals surface area contributed by atoms with E-state index in [4.69, 9.17) is 34.7 Å². The third kappa shape index (κ3) is 9.55. The zero-order valence-electron chi connectivity index (χ0n) is 27.4. The predicted octanol–water partition coefficient (Wildman–Crippen LogP) is 6.84. The van der Waals surface area contributed by atoms with E-state index in [1.165, 1.54) is 24.3 Å². The monoisotopic (exact) mass is 902 g/mol. The summed E-state index contributed by atoms with van der Waals surface area (Å²) in [6, 6.07) is 13.5. The second-order valence-corrected chi connectivity index (χ2v) is 14.4. The molecule has 6 aromatic carbocycles. The number of fused-ring (bicyclic) bond motifs is 2. The Morgan fingerprint density at radius 2 is 0.810 bits per heavy atom. The van der Waals surface area contributed by atoms with Crippen LogP contribution in [0.25, 0.3) is 32.7 Å². The van der Waals surface area contributed by atoms with Gasteiger partial charge >= 0.3 is 21.2 Å². The normalized spacial score (nSPS) is 11.3. The lowest BCUT2D eigenvalue weighted by Gasteiger charge is -2.17. The molecule has 0 saturated carbocycles. The highest BCUT2D eigenvalue weighted by atomic mass is 32.2. The van der Waals surface area contributed by atoms with Gasteiger partial charge in [-0.05, 0) is 41.1 Å². The molecular formula is C32H14F8O14S4. The van der Waals surface area contributed by atoms with Gasteiger partial charge in [-0.2, -0.15) is 34.4 Å². The van der Waals surface area contributed by atoms with Crippen molar-refractivity contribution in [1.82, 2.24) is 0 Å². The lowest BCUT2D eigenvalue weighted by atomic mass is 10.0.